The summed E-state index contributed by atoms with van der Waals surface area (Å²) in [4.78, 5) is 31.5. The molecule has 2 amide bonds. The number of hydrogen-bond donors (Lipinski definition) is 2. The number of benzene rings is 1. The lowest BCUT2D eigenvalue weighted by Crippen LogP contribution is -2.44. The standard InChI is InChI=1S/C23H26N4O4S/c1-16-7-8-20(31-16)19(27-9-11-30-12-10-27)14-24-21(28)13-18-15-32-23(25-18)26-22(29)17-5-3-2-4-6-17/h2-8,15,19H,9-14H2,1H3,(H,24,28)(H,25,26,29). The first kappa shape index (κ1) is 22.2. The summed E-state index contributed by atoms with van der Waals surface area (Å²) in [5.41, 5.74) is 1.18. The second-order valence-corrected chi connectivity index (χ2v) is 8.42. The summed E-state index contributed by atoms with van der Waals surface area (Å²) in [6.45, 7) is 5.26. The molecule has 9 heteroatoms. The second kappa shape index (κ2) is 10.5. The van der Waals surface area contributed by atoms with Gasteiger partial charge in [-0.3, -0.25) is 19.8 Å². The van der Waals surface area contributed by atoms with E-state index in [4.69, 9.17) is 9.15 Å². The van der Waals surface area contributed by atoms with Crippen LogP contribution in [0.1, 0.15) is 33.6 Å². The first-order chi connectivity index (χ1) is 15.6. The van der Waals surface area contributed by atoms with Crippen molar-refractivity contribution in [2.75, 3.05) is 38.2 Å². The second-order valence-electron chi connectivity index (χ2n) is 7.56. The van der Waals surface area contributed by atoms with E-state index in [0.29, 0.717) is 36.1 Å². The predicted molar refractivity (Wildman–Crippen MR) is 122 cm³/mol. The first-order valence-corrected chi connectivity index (χ1v) is 11.4. The van der Waals surface area contributed by atoms with Gasteiger partial charge in [-0.15, -0.1) is 11.3 Å². The number of carbonyl (C=O) groups excluding carboxylic acids is 2. The van der Waals surface area contributed by atoms with Gasteiger partial charge in [0.1, 0.15) is 11.5 Å². The van der Waals surface area contributed by atoms with E-state index in [1.54, 1.807) is 29.6 Å². The van der Waals surface area contributed by atoms with Crippen LogP contribution in [0.5, 0.6) is 0 Å². The third-order valence-corrected chi connectivity index (χ3v) is 6.03. The van der Waals surface area contributed by atoms with Gasteiger partial charge < -0.3 is 14.5 Å². The molecule has 3 heterocycles. The van der Waals surface area contributed by atoms with E-state index < -0.39 is 0 Å². The third-order valence-electron chi connectivity index (χ3n) is 5.22. The number of furan rings is 1. The fourth-order valence-corrected chi connectivity index (χ4v) is 4.28. The molecule has 1 unspecified atom stereocenters. The van der Waals surface area contributed by atoms with Crippen LogP contribution in [0.4, 0.5) is 5.13 Å². The molecule has 0 saturated carbocycles. The van der Waals surface area contributed by atoms with Gasteiger partial charge in [-0.2, -0.15) is 0 Å². The van der Waals surface area contributed by atoms with E-state index in [2.05, 4.69) is 20.5 Å². The molecule has 3 aromatic rings. The lowest BCUT2D eigenvalue weighted by atomic mass is 10.1. The SMILES string of the molecule is Cc1ccc(C(CNC(=O)Cc2csc(NC(=O)c3ccccc3)n2)N2CCOCC2)o1. The molecule has 32 heavy (non-hydrogen) atoms. The quantitative estimate of drug-likeness (QED) is 0.543. The molecule has 0 radical (unpaired) electrons. The molecular formula is C23H26N4O4S. The Kier molecular flexibility index (Phi) is 7.31. The van der Waals surface area contributed by atoms with Crippen LogP contribution in [0.15, 0.2) is 52.3 Å². The number of rotatable bonds is 8. The highest BCUT2D eigenvalue weighted by Crippen LogP contribution is 2.23. The topological polar surface area (TPSA) is 96.7 Å². The average Bonchev–Trinajstić information content (AvgIpc) is 3.44. The molecule has 1 aromatic carbocycles. The van der Waals surface area contributed by atoms with Crippen LogP contribution in [-0.2, 0) is 16.0 Å². The van der Waals surface area contributed by atoms with Crippen molar-refractivity contribution in [3.63, 3.8) is 0 Å². The maximum Gasteiger partial charge on any atom is 0.257 e. The molecule has 2 N–H and O–H groups in total. The minimum atomic E-state index is -0.224. The minimum absolute atomic E-state index is 0.0484. The van der Waals surface area contributed by atoms with E-state index in [1.165, 1.54) is 11.3 Å². The van der Waals surface area contributed by atoms with E-state index >= 15 is 0 Å². The summed E-state index contributed by atoms with van der Waals surface area (Å²) in [7, 11) is 0. The average molecular weight is 455 g/mol. The monoisotopic (exact) mass is 454 g/mol. The lowest BCUT2D eigenvalue weighted by molar-refractivity contribution is -0.120. The number of thiazole rings is 1. The number of aryl methyl sites for hydroxylation is 1. The molecule has 8 nitrogen and oxygen atoms in total. The summed E-state index contributed by atoms with van der Waals surface area (Å²) < 4.78 is 11.3. The zero-order chi connectivity index (χ0) is 22.3. The Morgan fingerprint density at radius 1 is 1.16 bits per heavy atom. The molecule has 1 aliphatic rings. The van der Waals surface area contributed by atoms with E-state index in [9.17, 15) is 9.59 Å². The van der Waals surface area contributed by atoms with Crippen molar-refractivity contribution in [3.05, 3.63) is 70.6 Å². The Bertz CT molecular complexity index is 1040. The van der Waals surface area contributed by atoms with Crippen LogP contribution in [0.25, 0.3) is 0 Å². The minimum Gasteiger partial charge on any atom is -0.465 e. The van der Waals surface area contributed by atoms with Crippen molar-refractivity contribution >= 4 is 28.3 Å². The zero-order valence-electron chi connectivity index (χ0n) is 17.9. The maximum atomic E-state index is 12.6. The molecule has 1 fully saturated rings. The molecule has 0 bridgehead atoms. The van der Waals surface area contributed by atoms with Crippen LogP contribution in [0.2, 0.25) is 0 Å². The molecule has 4 rings (SSSR count). The van der Waals surface area contributed by atoms with Crippen LogP contribution >= 0.6 is 11.3 Å². The number of morpholine rings is 1. The maximum absolute atomic E-state index is 12.6. The summed E-state index contributed by atoms with van der Waals surface area (Å²) >= 11 is 1.30. The van der Waals surface area contributed by atoms with Crippen molar-refractivity contribution in [2.45, 2.75) is 19.4 Å². The highest BCUT2D eigenvalue weighted by molar-refractivity contribution is 7.14. The van der Waals surface area contributed by atoms with Crippen molar-refractivity contribution in [2.24, 2.45) is 0 Å². The van der Waals surface area contributed by atoms with E-state index in [1.807, 2.05) is 25.1 Å². The van der Waals surface area contributed by atoms with Crippen molar-refractivity contribution in [1.29, 1.82) is 0 Å². The van der Waals surface area contributed by atoms with Gasteiger partial charge in [-0.1, -0.05) is 18.2 Å². The number of nitrogens with one attached hydrogen (secondary N) is 2. The summed E-state index contributed by atoms with van der Waals surface area (Å²) in [6, 6.07) is 12.8. The highest BCUT2D eigenvalue weighted by Gasteiger charge is 2.25. The normalized spacial score (nSPS) is 15.3. The van der Waals surface area contributed by atoms with E-state index in [-0.39, 0.29) is 24.3 Å². The van der Waals surface area contributed by atoms with Gasteiger partial charge in [0.15, 0.2) is 5.13 Å². The van der Waals surface area contributed by atoms with Crippen LogP contribution in [0, 0.1) is 6.92 Å². The first-order valence-electron chi connectivity index (χ1n) is 10.5. The molecular weight excluding hydrogens is 428 g/mol. The number of anilines is 1. The number of hydrogen-bond acceptors (Lipinski definition) is 7. The predicted octanol–water partition coefficient (Wildman–Crippen LogP) is 3.03. The number of amides is 2. The summed E-state index contributed by atoms with van der Waals surface area (Å²) in [6.07, 6.45) is 0.144. The van der Waals surface area contributed by atoms with Crippen LogP contribution in [0.3, 0.4) is 0 Å². The van der Waals surface area contributed by atoms with Crippen molar-refractivity contribution in [3.8, 4) is 0 Å². The molecule has 0 spiro atoms. The van der Waals surface area contributed by atoms with E-state index in [0.717, 1.165) is 24.6 Å². The van der Waals surface area contributed by atoms with Crippen molar-refractivity contribution < 1.29 is 18.7 Å². The van der Waals surface area contributed by atoms with Gasteiger partial charge in [0.25, 0.3) is 5.91 Å². The molecule has 2 aromatic heterocycles. The molecule has 1 atom stereocenters. The fraction of sp³-hybridized carbons (Fsp3) is 0.348. The summed E-state index contributed by atoms with van der Waals surface area (Å²) in [5.74, 6) is 1.33. The molecule has 1 saturated heterocycles. The van der Waals surface area contributed by atoms with Crippen LogP contribution < -0.4 is 10.6 Å². The van der Waals surface area contributed by atoms with Gasteiger partial charge >= 0.3 is 0 Å². The van der Waals surface area contributed by atoms with Gasteiger partial charge in [0.05, 0.1) is 31.4 Å². The fourth-order valence-electron chi connectivity index (χ4n) is 3.57. The third kappa shape index (κ3) is 5.82. The molecule has 1 aliphatic heterocycles. The molecule has 168 valence electrons. The smallest absolute Gasteiger partial charge is 0.257 e. The number of carbonyl (C=O) groups is 2. The van der Waals surface area contributed by atoms with Crippen molar-refractivity contribution in [1.82, 2.24) is 15.2 Å². The Balaban J connectivity index is 1.32. The summed E-state index contributed by atoms with van der Waals surface area (Å²) in [5, 5.41) is 8.04. The van der Waals surface area contributed by atoms with Gasteiger partial charge in [-0.05, 0) is 31.2 Å². The number of aromatic nitrogens is 1. The Hall–Kier alpha value is -3.01. The Morgan fingerprint density at radius 3 is 2.66 bits per heavy atom. The number of ether oxygens (including phenoxy) is 1. The Morgan fingerprint density at radius 2 is 1.94 bits per heavy atom. The van der Waals surface area contributed by atoms with Gasteiger partial charge in [0, 0.05) is 30.6 Å². The van der Waals surface area contributed by atoms with Crippen LogP contribution in [-0.4, -0.2) is 54.5 Å². The Labute approximate surface area is 190 Å². The highest BCUT2D eigenvalue weighted by atomic mass is 32.1. The largest absolute Gasteiger partial charge is 0.465 e. The van der Waals surface area contributed by atoms with Gasteiger partial charge in [0.2, 0.25) is 5.91 Å². The number of nitrogens with zero attached hydrogens (tertiary/aromatic N) is 2. The zero-order valence-corrected chi connectivity index (χ0v) is 18.7. The lowest BCUT2D eigenvalue weighted by Gasteiger charge is -2.33. The van der Waals surface area contributed by atoms with Gasteiger partial charge in [-0.25, -0.2) is 4.98 Å². The molecule has 0 aliphatic carbocycles.